The van der Waals surface area contributed by atoms with Crippen molar-refractivity contribution >= 4 is 0 Å². The van der Waals surface area contributed by atoms with Crippen LogP contribution in [0.3, 0.4) is 0 Å². The van der Waals surface area contributed by atoms with Crippen molar-refractivity contribution in [1.82, 2.24) is 19.3 Å². The number of fused-ring (bicyclic) bond motifs is 3. The van der Waals surface area contributed by atoms with Crippen molar-refractivity contribution in [3.05, 3.63) is 73.1 Å². The van der Waals surface area contributed by atoms with E-state index in [1.54, 1.807) is 15.6 Å². The summed E-state index contributed by atoms with van der Waals surface area (Å²) < 4.78 is 11.8. The first kappa shape index (κ1) is 14.9. The van der Waals surface area contributed by atoms with E-state index in [2.05, 4.69) is 33.1 Å². The molecular formula is C20H17N5O. The lowest BCUT2D eigenvalue weighted by Crippen LogP contribution is -2.24. The fourth-order valence-corrected chi connectivity index (χ4v) is 3.29. The maximum Gasteiger partial charge on any atom is 0.173 e. The Morgan fingerprint density at radius 2 is 2.08 bits per heavy atom. The fourth-order valence-electron chi connectivity index (χ4n) is 3.29. The second-order valence-electron chi connectivity index (χ2n) is 6.37. The molecule has 0 aliphatic carbocycles. The third-order valence-corrected chi connectivity index (χ3v) is 4.55. The Morgan fingerprint density at radius 3 is 2.96 bits per heavy atom. The van der Waals surface area contributed by atoms with Crippen LogP contribution in [0.1, 0.15) is 5.56 Å². The van der Waals surface area contributed by atoms with Gasteiger partial charge in [0.1, 0.15) is 17.3 Å². The summed E-state index contributed by atoms with van der Waals surface area (Å²) in [7, 11) is 1.89. The number of benzene rings is 2. The van der Waals surface area contributed by atoms with Gasteiger partial charge in [0, 0.05) is 37.2 Å². The zero-order chi connectivity index (χ0) is 17.5. The molecule has 0 bridgehead atoms. The smallest absolute Gasteiger partial charge is 0.173 e. The number of rotatable bonds is 3. The highest BCUT2D eigenvalue weighted by Gasteiger charge is 2.17. The molecule has 0 radical (unpaired) electrons. The number of aryl methyl sites for hydroxylation is 3. The average Bonchev–Trinajstić information content (AvgIpc) is 3.31. The lowest BCUT2D eigenvalue weighted by Gasteiger charge is -2.19. The Kier molecular flexibility index (Phi) is 3.35. The van der Waals surface area contributed by atoms with E-state index in [0.29, 0.717) is 0 Å². The van der Waals surface area contributed by atoms with Gasteiger partial charge in [-0.15, -0.1) is 0 Å². The van der Waals surface area contributed by atoms with E-state index < -0.39 is 0 Å². The SMILES string of the molecule is C[n+]1[c-]n(-c2cccc(Oc3ccc4c(c3)-c3nccn3CC4)c2)nc1. The van der Waals surface area contributed by atoms with Gasteiger partial charge in [0.25, 0.3) is 0 Å². The average molecular weight is 343 g/mol. The maximum atomic E-state index is 6.11. The zero-order valence-electron chi connectivity index (χ0n) is 14.3. The van der Waals surface area contributed by atoms with E-state index in [-0.39, 0.29) is 0 Å². The Balaban J connectivity index is 1.47. The summed E-state index contributed by atoms with van der Waals surface area (Å²) in [5, 5.41) is 4.27. The third-order valence-electron chi connectivity index (χ3n) is 4.55. The molecule has 6 nitrogen and oxygen atoms in total. The van der Waals surface area contributed by atoms with Crippen LogP contribution in [0.15, 0.2) is 61.2 Å². The van der Waals surface area contributed by atoms with Crippen molar-refractivity contribution < 1.29 is 9.30 Å². The van der Waals surface area contributed by atoms with Crippen LogP contribution in [-0.2, 0) is 20.0 Å². The Labute approximate surface area is 150 Å². The molecule has 5 rings (SSSR count). The van der Waals surface area contributed by atoms with Crippen molar-refractivity contribution in [2.75, 3.05) is 0 Å². The molecule has 3 heterocycles. The predicted molar refractivity (Wildman–Crippen MR) is 95.0 cm³/mol. The number of aromatic nitrogens is 5. The molecule has 6 heteroatoms. The lowest BCUT2D eigenvalue weighted by atomic mass is 10.0. The summed E-state index contributed by atoms with van der Waals surface area (Å²) in [5.41, 5.74) is 3.35. The highest BCUT2D eigenvalue weighted by Crippen LogP contribution is 2.33. The molecule has 0 atom stereocenters. The molecule has 1 aliphatic rings. The van der Waals surface area contributed by atoms with Crippen molar-refractivity contribution in [3.8, 4) is 28.6 Å². The van der Waals surface area contributed by atoms with Crippen LogP contribution in [0.25, 0.3) is 17.1 Å². The van der Waals surface area contributed by atoms with Crippen LogP contribution in [0.4, 0.5) is 0 Å². The fraction of sp³-hybridized carbons (Fsp3) is 0.150. The molecule has 2 aromatic carbocycles. The number of ether oxygens (including phenoxy) is 1. The van der Waals surface area contributed by atoms with Crippen LogP contribution in [-0.4, -0.2) is 19.3 Å². The summed E-state index contributed by atoms with van der Waals surface area (Å²) in [6.07, 6.45) is 9.68. The molecule has 1 aliphatic heterocycles. The van der Waals surface area contributed by atoms with Gasteiger partial charge in [-0.25, -0.2) is 4.98 Å². The number of nitrogens with zero attached hydrogens (tertiary/aromatic N) is 5. The highest BCUT2D eigenvalue weighted by molar-refractivity contribution is 5.65. The molecule has 0 unspecified atom stereocenters. The number of hydrogen-bond donors (Lipinski definition) is 0. The zero-order valence-corrected chi connectivity index (χ0v) is 14.3. The molecule has 128 valence electrons. The van der Waals surface area contributed by atoms with Crippen LogP contribution < -0.4 is 9.30 Å². The van der Waals surface area contributed by atoms with Crippen LogP contribution in [0, 0.1) is 6.33 Å². The van der Waals surface area contributed by atoms with Crippen molar-refractivity contribution in [3.63, 3.8) is 0 Å². The van der Waals surface area contributed by atoms with Crippen LogP contribution in [0.2, 0.25) is 0 Å². The quantitative estimate of drug-likeness (QED) is 0.424. The summed E-state index contributed by atoms with van der Waals surface area (Å²) in [4.78, 5) is 4.49. The van der Waals surface area contributed by atoms with E-state index in [4.69, 9.17) is 4.74 Å². The summed E-state index contributed by atoms with van der Waals surface area (Å²) >= 11 is 0. The van der Waals surface area contributed by atoms with Gasteiger partial charge in [0.05, 0.1) is 0 Å². The molecule has 2 aromatic heterocycles. The van der Waals surface area contributed by atoms with E-state index in [1.165, 1.54) is 5.56 Å². The third kappa shape index (κ3) is 2.56. The minimum Gasteiger partial charge on any atom is -0.458 e. The summed E-state index contributed by atoms with van der Waals surface area (Å²) in [6, 6.07) is 14.0. The van der Waals surface area contributed by atoms with Gasteiger partial charge >= 0.3 is 0 Å². The normalized spacial score (nSPS) is 12.5. The van der Waals surface area contributed by atoms with Gasteiger partial charge in [-0.2, -0.15) is 4.68 Å². The molecule has 0 spiro atoms. The summed E-state index contributed by atoms with van der Waals surface area (Å²) in [6.45, 7) is 0.975. The second-order valence-corrected chi connectivity index (χ2v) is 6.37. The Hall–Kier alpha value is -3.41. The van der Waals surface area contributed by atoms with Crippen LogP contribution in [0.5, 0.6) is 11.5 Å². The lowest BCUT2D eigenvalue weighted by molar-refractivity contribution is -0.676. The number of imidazole rings is 1. The standard InChI is InChI=1S/C20H17N5O/c1-23-13-22-25(14-23)16-3-2-4-17(11-16)26-18-6-5-15-7-9-24-10-8-21-20(24)19(15)12-18/h2-6,8,10-13H,7,9H2,1H3. The van der Waals surface area contributed by atoms with Crippen LogP contribution >= 0.6 is 0 Å². The molecule has 0 fully saturated rings. The summed E-state index contributed by atoms with van der Waals surface area (Å²) in [5.74, 6) is 2.56. The van der Waals surface area contributed by atoms with Gasteiger partial charge in [0.2, 0.25) is 0 Å². The molecule has 0 N–H and O–H groups in total. The predicted octanol–water partition coefficient (Wildman–Crippen LogP) is 2.71. The van der Waals surface area contributed by atoms with E-state index in [9.17, 15) is 0 Å². The topological polar surface area (TPSA) is 48.8 Å². The second kappa shape index (κ2) is 5.84. The molecule has 0 saturated carbocycles. The van der Waals surface area contributed by atoms with Crippen molar-refractivity contribution in [1.29, 1.82) is 0 Å². The van der Waals surface area contributed by atoms with Gasteiger partial charge in [-0.1, -0.05) is 18.2 Å². The monoisotopic (exact) mass is 343 g/mol. The maximum absolute atomic E-state index is 6.11. The molecule has 4 aromatic rings. The number of hydrogen-bond acceptors (Lipinski definition) is 3. The molecular weight excluding hydrogens is 326 g/mol. The molecule has 26 heavy (non-hydrogen) atoms. The Bertz CT molecular complexity index is 1100. The van der Waals surface area contributed by atoms with E-state index in [0.717, 1.165) is 41.5 Å². The first-order valence-electron chi connectivity index (χ1n) is 8.52. The van der Waals surface area contributed by atoms with Gasteiger partial charge in [0.15, 0.2) is 12.7 Å². The van der Waals surface area contributed by atoms with Gasteiger partial charge in [-0.3, -0.25) is 0 Å². The minimum absolute atomic E-state index is 0.758. The first-order chi connectivity index (χ1) is 12.8. The largest absolute Gasteiger partial charge is 0.458 e. The van der Waals surface area contributed by atoms with E-state index >= 15 is 0 Å². The molecule has 0 amide bonds. The Morgan fingerprint density at radius 1 is 1.15 bits per heavy atom. The first-order valence-corrected chi connectivity index (χ1v) is 8.52. The van der Waals surface area contributed by atoms with Crippen molar-refractivity contribution in [2.45, 2.75) is 13.0 Å². The van der Waals surface area contributed by atoms with E-state index in [1.807, 2.05) is 49.8 Å². The minimum atomic E-state index is 0.758. The molecule has 0 saturated heterocycles. The van der Waals surface area contributed by atoms with Gasteiger partial charge in [-0.05, 0) is 41.3 Å². The van der Waals surface area contributed by atoms with Gasteiger partial charge < -0.3 is 13.9 Å². The highest BCUT2D eigenvalue weighted by atomic mass is 16.5. The van der Waals surface area contributed by atoms with Crippen molar-refractivity contribution in [2.24, 2.45) is 7.05 Å².